The Kier molecular flexibility index (Phi) is 7.05. The first-order chi connectivity index (χ1) is 12.2. The first-order valence-corrected chi connectivity index (χ1v) is 10.5. The zero-order chi connectivity index (χ0) is 19.3. The number of carbonyl (C=O) groups excluding carboxylic acids is 1. The molecule has 0 aliphatic rings. The summed E-state index contributed by atoms with van der Waals surface area (Å²) in [5.74, 6) is -0.151. The van der Waals surface area contributed by atoms with Crippen LogP contribution < -0.4 is 5.32 Å². The fourth-order valence-corrected chi connectivity index (χ4v) is 3.87. The second kappa shape index (κ2) is 8.85. The molecule has 9 heteroatoms. The van der Waals surface area contributed by atoms with Crippen molar-refractivity contribution < 1.29 is 13.2 Å². The molecule has 0 radical (unpaired) electrons. The lowest BCUT2D eigenvalue weighted by Crippen LogP contribution is -2.30. The lowest BCUT2D eigenvalue weighted by molar-refractivity contribution is -0.120. The van der Waals surface area contributed by atoms with E-state index in [1.807, 2.05) is 18.2 Å². The van der Waals surface area contributed by atoms with Crippen LogP contribution in [0.4, 0.5) is 0 Å². The molecule has 2 aromatic rings. The minimum atomic E-state index is -3.51. The van der Waals surface area contributed by atoms with Crippen molar-refractivity contribution in [3.63, 3.8) is 0 Å². The van der Waals surface area contributed by atoms with Crippen LogP contribution in [0.2, 0.25) is 5.02 Å². The fourth-order valence-electron chi connectivity index (χ4n) is 2.00. The Morgan fingerprint density at radius 2 is 1.96 bits per heavy atom. The van der Waals surface area contributed by atoms with Crippen molar-refractivity contribution in [2.75, 3.05) is 14.1 Å². The van der Waals surface area contributed by atoms with E-state index in [1.54, 1.807) is 19.1 Å². The summed E-state index contributed by atoms with van der Waals surface area (Å²) in [6.07, 6.45) is 1.30. The number of nitrogens with zero attached hydrogens (tertiary/aromatic N) is 2. The summed E-state index contributed by atoms with van der Waals surface area (Å²) in [7, 11) is -0.589. The minimum Gasteiger partial charge on any atom is -0.351 e. The molecular formula is C17H20ClN3O3S2. The number of nitrogens with one attached hydrogen (secondary N) is 1. The zero-order valence-corrected chi connectivity index (χ0v) is 17.0. The van der Waals surface area contributed by atoms with Crippen molar-refractivity contribution >= 4 is 39.3 Å². The van der Waals surface area contributed by atoms with Crippen LogP contribution in [0.25, 0.3) is 0 Å². The molecule has 1 N–H and O–H groups in total. The van der Waals surface area contributed by atoms with E-state index >= 15 is 0 Å². The minimum absolute atomic E-state index is 0.114. The van der Waals surface area contributed by atoms with Gasteiger partial charge in [-0.2, -0.15) is 0 Å². The second-order valence-electron chi connectivity index (χ2n) is 5.69. The van der Waals surface area contributed by atoms with E-state index in [0.29, 0.717) is 16.6 Å². The molecule has 2 rings (SSSR count). The highest BCUT2D eigenvalue weighted by Gasteiger charge is 2.19. The van der Waals surface area contributed by atoms with Gasteiger partial charge in [0, 0.05) is 31.9 Å². The van der Waals surface area contributed by atoms with Crippen LogP contribution in [-0.4, -0.2) is 43.0 Å². The van der Waals surface area contributed by atoms with Gasteiger partial charge in [0.15, 0.2) is 0 Å². The van der Waals surface area contributed by atoms with Crippen molar-refractivity contribution in [2.24, 2.45) is 0 Å². The summed E-state index contributed by atoms with van der Waals surface area (Å²) in [6, 6.07) is 10.4. The van der Waals surface area contributed by atoms with Crippen LogP contribution in [0.3, 0.4) is 0 Å². The Labute approximate surface area is 163 Å². The molecule has 1 aromatic carbocycles. The number of hydrogen-bond acceptors (Lipinski definition) is 5. The van der Waals surface area contributed by atoms with Gasteiger partial charge in [0.1, 0.15) is 4.90 Å². The average molecular weight is 414 g/mol. The Hall–Kier alpha value is -1.61. The van der Waals surface area contributed by atoms with Crippen LogP contribution in [-0.2, 0) is 21.4 Å². The number of amides is 1. The van der Waals surface area contributed by atoms with Crippen molar-refractivity contribution in [2.45, 2.75) is 28.6 Å². The third kappa shape index (κ3) is 5.20. The molecule has 1 atom stereocenters. The molecule has 1 aromatic heterocycles. The van der Waals surface area contributed by atoms with Gasteiger partial charge in [0.2, 0.25) is 15.9 Å². The maximum absolute atomic E-state index is 12.2. The molecule has 0 fully saturated rings. The van der Waals surface area contributed by atoms with Crippen molar-refractivity contribution in [1.29, 1.82) is 0 Å². The van der Waals surface area contributed by atoms with E-state index in [9.17, 15) is 13.2 Å². The lowest BCUT2D eigenvalue weighted by Gasteiger charge is -2.13. The highest BCUT2D eigenvalue weighted by atomic mass is 35.5. The maximum atomic E-state index is 12.2. The maximum Gasteiger partial charge on any atom is 0.244 e. The molecule has 0 bridgehead atoms. The highest BCUT2D eigenvalue weighted by molar-refractivity contribution is 8.00. The number of halogens is 1. The van der Waals surface area contributed by atoms with Gasteiger partial charge in [-0.1, -0.05) is 41.6 Å². The molecule has 0 saturated heterocycles. The second-order valence-corrected chi connectivity index (χ2v) is 9.61. The third-order valence-corrected chi connectivity index (χ3v) is 6.78. The normalized spacial score (nSPS) is 12.8. The van der Waals surface area contributed by atoms with Crippen LogP contribution in [0, 0.1) is 0 Å². The van der Waals surface area contributed by atoms with E-state index in [-0.39, 0.29) is 16.1 Å². The largest absolute Gasteiger partial charge is 0.351 e. The Morgan fingerprint density at radius 1 is 1.27 bits per heavy atom. The molecule has 6 nitrogen and oxygen atoms in total. The molecule has 0 saturated carbocycles. The molecule has 0 aliphatic carbocycles. The van der Waals surface area contributed by atoms with Gasteiger partial charge in [-0.25, -0.2) is 17.7 Å². The third-order valence-electron chi connectivity index (χ3n) is 3.57. The van der Waals surface area contributed by atoms with Crippen molar-refractivity contribution in [3.8, 4) is 0 Å². The van der Waals surface area contributed by atoms with E-state index in [4.69, 9.17) is 11.6 Å². The van der Waals surface area contributed by atoms with Crippen molar-refractivity contribution in [3.05, 3.63) is 53.2 Å². The number of sulfonamides is 1. The van der Waals surface area contributed by atoms with Gasteiger partial charge < -0.3 is 5.32 Å². The number of benzene rings is 1. The predicted octanol–water partition coefficient (Wildman–Crippen LogP) is 2.78. The molecular weight excluding hydrogens is 394 g/mol. The summed E-state index contributed by atoms with van der Waals surface area (Å²) >= 11 is 7.33. The smallest absolute Gasteiger partial charge is 0.244 e. The van der Waals surface area contributed by atoms with Crippen molar-refractivity contribution in [1.82, 2.24) is 14.6 Å². The first-order valence-electron chi connectivity index (χ1n) is 7.78. The summed E-state index contributed by atoms with van der Waals surface area (Å²) < 4.78 is 25.2. The monoisotopic (exact) mass is 413 g/mol. The molecule has 26 heavy (non-hydrogen) atoms. The molecule has 0 spiro atoms. The Bertz CT molecular complexity index is 871. The van der Waals surface area contributed by atoms with Crippen LogP contribution in [0.1, 0.15) is 12.5 Å². The van der Waals surface area contributed by atoms with Gasteiger partial charge in [0.25, 0.3) is 0 Å². The number of aromatic nitrogens is 1. The van der Waals surface area contributed by atoms with E-state index in [1.165, 1.54) is 38.1 Å². The highest BCUT2D eigenvalue weighted by Crippen LogP contribution is 2.23. The number of carbonyl (C=O) groups is 1. The summed E-state index contributed by atoms with van der Waals surface area (Å²) in [5.41, 5.74) is 0.844. The van der Waals surface area contributed by atoms with Crippen LogP contribution in [0.5, 0.6) is 0 Å². The van der Waals surface area contributed by atoms with Gasteiger partial charge >= 0.3 is 0 Å². The van der Waals surface area contributed by atoms with Gasteiger partial charge in [0.05, 0.1) is 10.3 Å². The predicted molar refractivity (Wildman–Crippen MR) is 104 cm³/mol. The van der Waals surface area contributed by atoms with Crippen LogP contribution >= 0.6 is 23.4 Å². The van der Waals surface area contributed by atoms with E-state index in [2.05, 4.69) is 10.3 Å². The zero-order valence-electron chi connectivity index (χ0n) is 14.6. The van der Waals surface area contributed by atoms with Gasteiger partial charge in [-0.15, -0.1) is 0 Å². The molecule has 140 valence electrons. The standard InChI is InChI=1S/C17H20ClN3O3S2/c1-12(17(22)20-10-13-6-4-5-7-15(13)18)25-16-9-8-14(11-19-16)26(23,24)21(2)3/h4-9,11-12H,10H2,1-3H3,(H,20,22). The Morgan fingerprint density at radius 3 is 2.54 bits per heavy atom. The van der Waals surface area contributed by atoms with Gasteiger partial charge in [-0.3, -0.25) is 4.79 Å². The number of pyridine rings is 1. The molecule has 1 amide bonds. The summed E-state index contributed by atoms with van der Waals surface area (Å²) in [6.45, 7) is 2.11. The summed E-state index contributed by atoms with van der Waals surface area (Å²) in [5, 5.41) is 3.62. The Balaban J connectivity index is 1.95. The fraction of sp³-hybridized carbons (Fsp3) is 0.294. The van der Waals surface area contributed by atoms with Crippen LogP contribution in [0.15, 0.2) is 52.5 Å². The molecule has 1 heterocycles. The van der Waals surface area contributed by atoms with E-state index in [0.717, 1.165) is 9.87 Å². The first kappa shape index (κ1) is 20.7. The quantitative estimate of drug-likeness (QED) is 0.706. The molecule has 0 aliphatic heterocycles. The topological polar surface area (TPSA) is 79.4 Å². The SMILES string of the molecule is CC(Sc1ccc(S(=O)(=O)N(C)C)cn1)C(=O)NCc1ccccc1Cl. The van der Waals surface area contributed by atoms with Gasteiger partial charge in [-0.05, 0) is 30.7 Å². The number of hydrogen-bond donors (Lipinski definition) is 1. The lowest BCUT2D eigenvalue weighted by atomic mass is 10.2. The average Bonchev–Trinajstić information content (AvgIpc) is 2.61. The van der Waals surface area contributed by atoms with E-state index < -0.39 is 10.0 Å². The number of thioether (sulfide) groups is 1. The number of rotatable bonds is 7. The summed E-state index contributed by atoms with van der Waals surface area (Å²) in [4.78, 5) is 16.5. The molecule has 1 unspecified atom stereocenters.